The van der Waals surface area contributed by atoms with Crippen molar-refractivity contribution in [2.75, 3.05) is 27.4 Å². The molecule has 2 fully saturated rings. The number of hydrogen-bond acceptors (Lipinski definition) is 18. The van der Waals surface area contributed by atoms with E-state index in [9.17, 15) is 50.4 Å². The quantitative estimate of drug-likeness (QED) is 0.108. The lowest BCUT2D eigenvalue weighted by Gasteiger charge is -2.40. The summed E-state index contributed by atoms with van der Waals surface area (Å²) in [6.45, 7) is -0.0873. The number of ether oxygens (including phenoxy) is 7. The maximum atomic E-state index is 13.9. The molecule has 10 atom stereocenters. The summed E-state index contributed by atoms with van der Waals surface area (Å²) < 4.78 is 44.1. The lowest BCUT2D eigenvalue weighted by Crippen LogP contribution is -2.60. The lowest BCUT2D eigenvalue weighted by atomic mass is 9.99. The van der Waals surface area contributed by atoms with Gasteiger partial charge in [-0.1, -0.05) is 0 Å². The third-order valence-corrected chi connectivity index (χ3v) is 8.01. The predicted molar refractivity (Wildman–Crippen MR) is 161 cm³/mol. The van der Waals surface area contributed by atoms with Gasteiger partial charge in [-0.15, -0.1) is 0 Å². The standard InChI is InChI=1S/C31H36O18/c1-11(33)44-10-19-22(36)25(39)26(40)30(48-19)46-15-5-4-12(6-16(15)43-3)28-29(49-31-27(41)24(38)21(35)18(9-32)47-31)23(37)20-14(34)7-13(42-2)8-17(20)45-28/h4-8,18-19,21-22,24-27,30-32,34-36,38-41H,9-10H2,1-3H3/t18-,19-,21-,22-,24+,25+,26-,27-,30-,31+/m1/s1. The van der Waals surface area contributed by atoms with Crippen molar-refractivity contribution in [1.82, 2.24) is 0 Å². The van der Waals surface area contributed by atoms with E-state index >= 15 is 0 Å². The number of aliphatic hydroxyl groups is 7. The van der Waals surface area contributed by atoms with Crippen molar-refractivity contribution < 1.29 is 83.2 Å². The molecule has 0 unspecified atom stereocenters. The Kier molecular flexibility index (Phi) is 10.8. The summed E-state index contributed by atoms with van der Waals surface area (Å²) in [4.78, 5) is 25.1. The summed E-state index contributed by atoms with van der Waals surface area (Å²) in [6.07, 6.45) is -16.6. The van der Waals surface area contributed by atoms with Crippen molar-refractivity contribution in [1.29, 1.82) is 0 Å². The van der Waals surface area contributed by atoms with Crippen LogP contribution in [0.3, 0.4) is 0 Å². The third kappa shape index (κ3) is 7.09. The van der Waals surface area contributed by atoms with Crippen LogP contribution in [-0.2, 0) is 19.0 Å². The first kappa shape index (κ1) is 36.1. The van der Waals surface area contributed by atoms with Crippen LogP contribution >= 0.6 is 0 Å². The smallest absolute Gasteiger partial charge is 0.302 e. The molecule has 2 aliphatic heterocycles. The second-order valence-corrected chi connectivity index (χ2v) is 11.2. The SMILES string of the molecule is COc1cc(O)c2c(=O)c(O[C@@H]3O[C@H](CO)[C@@H](O)[C@H](O)[C@H]3O)c(-c3ccc(O[C@@H]4O[C@H](COC(C)=O)[C@@H](O)[C@H](O)[C@H]4O)c(OC)c3)oc2c1. The van der Waals surface area contributed by atoms with E-state index in [-0.39, 0.29) is 39.5 Å². The van der Waals surface area contributed by atoms with Crippen LogP contribution in [0.2, 0.25) is 0 Å². The Morgan fingerprint density at radius 2 is 1.43 bits per heavy atom. The van der Waals surface area contributed by atoms with Crippen LogP contribution in [0, 0.1) is 0 Å². The number of aliphatic hydroxyl groups excluding tert-OH is 7. The highest BCUT2D eigenvalue weighted by Crippen LogP contribution is 2.41. The van der Waals surface area contributed by atoms with Gasteiger partial charge in [0.1, 0.15) is 77.9 Å². The highest BCUT2D eigenvalue weighted by atomic mass is 16.7. The summed E-state index contributed by atoms with van der Waals surface area (Å²) in [5, 5.41) is 82.3. The van der Waals surface area contributed by atoms with Crippen LogP contribution in [0.1, 0.15) is 6.92 Å². The largest absolute Gasteiger partial charge is 0.507 e. The van der Waals surface area contributed by atoms with E-state index in [0.717, 1.165) is 13.0 Å². The molecule has 0 radical (unpaired) electrons. The van der Waals surface area contributed by atoms with Gasteiger partial charge in [0.2, 0.25) is 23.8 Å². The van der Waals surface area contributed by atoms with Gasteiger partial charge in [0, 0.05) is 24.6 Å². The van der Waals surface area contributed by atoms with E-state index in [4.69, 9.17) is 37.6 Å². The van der Waals surface area contributed by atoms with Gasteiger partial charge in [-0.25, -0.2) is 0 Å². The van der Waals surface area contributed by atoms with E-state index < -0.39 is 97.5 Å². The Morgan fingerprint density at radius 1 is 0.796 bits per heavy atom. The number of aromatic hydroxyl groups is 1. The number of hydrogen-bond donors (Lipinski definition) is 8. The number of esters is 1. The molecule has 268 valence electrons. The molecule has 1 aromatic heterocycles. The number of methoxy groups -OCH3 is 2. The zero-order chi connectivity index (χ0) is 35.7. The highest BCUT2D eigenvalue weighted by Gasteiger charge is 2.47. The van der Waals surface area contributed by atoms with Gasteiger partial charge in [0.05, 0.1) is 20.8 Å². The van der Waals surface area contributed by atoms with Crippen LogP contribution in [0.25, 0.3) is 22.3 Å². The average molecular weight is 697 g/mol. The Labute approximate surface area is 276 Å². The molecule has 8 N–H and O–H groups in total. The van der Waals surface area contributed by atoms with Crippen molar-refractivity contribution in [3.63, 3.8) is 0 Å². The Balaban J connectivity index is 1.55. The zero-order valence-corrected chi connectivity index (χ0v) is 26.2. The monoisotopic (exact) mass is 696 g/mol. The number of carbonyl (C=O) groups excluding carboxylic acids is 1. The first-order valence-electron chi connectivity index (χ1n) is 14.8. The lowest BCUT2D eigenvalue weighted by molar-refractivity contribution is -0.278. The summed E-state index contributed by atoms with van der Waals surface area (Å²) in [5.41, 5.74) is -1.02. The number of carbonyl (C=O) groups is 1. The van der Waals surface area contributed by atoms with Gasteiger partial charge in [0.25, 0.3) is 0 Å². The number of rotatable bonds is 10. The van der Waals surface area contributed by atoms with E-state index in [1.807, 2.05) is 0 Å². The molecule has 49 heavy (non-hydrogen) atoms. The van der Waals surface area contributed by atoms with Crippen LogP contribution < -0.4 is 24.4 Å². The average Bonchev–Trinajstić information content (AvgIpc) is 3.08. The van der Waals surface area contributed by atoms with Crippen molar-refractivity contribution in [3.05, 3.63) is 40.6 Å². The summed E-state index contributed by atoms with van der Waals surface area (Å²) >= 11 is 0. The maximum absolute atomic E-state index is 13.9. The first-order chi connectivity index (χ1) is 23.3. The molecular formula is C31H36O18. The summed E-state index contributed by atoms with van der Waals surface area (Å²) in [7, 11) is 2.59. The normalized spacial score (nSPS) is 30.1. The summed E-state index contributed by atoms with van der Waals surface area (Å²) in [6, 6.07) is 6.46. The van der Waals surface area contributed by atoms with Crippen LogP contribution in [0.15, 0.2) is 39.5 Å². The van der Waals surface area contributed by atoms with Crippen molar-refractivity contribution >= 4 is 16.9 Å². The Bertz CT molecular complexity index is 1710. The van der Waals surface area contributed by atoms with Crippen molar-refractivity contribution in [2.45, 2.75) is 68.3 Å². The number of fused-ring (bicyclic) bond motifs is 1. The van der Waals surface area contributed by atoms with Crippen LogP contribution in [0.5, 0.6) is 28.7 Å². The molecule has 2 aromatic carbocycles. The van der Waals surface area contributed by atoms with Gasteiger partial charge in [-0.05, 0) is 18.2 Å². The van der Waals surface area contributed by atoms with E-state index in [0.29, 0.717) is 0 Å². The molecular weight excluding hydrogens is 660 g/mol. The van der Waals surface area contributed by atoms with Crippen LogP contribution in [0.4, 0.5) is 0 Å². The fourth-order valence-corrected chi connectivity index (χ4v) is 5.34. The number of phenols is 1. The molecule has 0 saturated carbocycles. The van der Waals surface area contributed by atoms with E-state index in [1.54, 1.807) is 0 Å². The first-order valence-corrected chi connectivity index (χ1v) is 14.8. The molecule has 0 amide bonds. The fraction of sp³-hybridized carbons (Fsp3) is 0.484. The van der Waals surface area contributed by atoms with Gasteiger partial charge in [0.15, 0.2) is 17.3 Å². The van der Waals surface area contributed by atoms with E-state index in [2.05, 4.69) is 0 Å². The molecule has 2 saturated heterocycles. The predicted octanol–water partition coefficient (Wildman–Crippen LogP) is -1.89. The molecule has 18 nitrogen and oxygen atoms in total. The highest BCUT2D eigenvalue weighted by molar-refractivity contribution is 5.88. The van der Waals surface area contributed by atoms with Crippen molar-refractivity contribution in [3.8, 4) is 40.1 Å². The molecule has 3 aromatic rings. The second kappa shape index (κ2) is 14.7. The Morgan fingerprint density at radius 3 is 2.04 bits per heavy atom. The van der Waals surface area contributed by atoms with Crippen molar-refractivity contribution in [2.24, 2.45) is 0 Å². The molecule has 0 aliphatic carbocycles. The maximum Gasteiger partial charge on any atom is 0.302 e. The minimum atomic E-state index is -1.91. The minimum Gasteiger partial charge on any atom is -0.507 e. The third-order valence-electron chi connectivity index (χ3n) is 8.01. The summed E-state index contributed by atoms with van der Waals surface area (Å²) in [5.74, 6) is -2.11. The van der Waals surface area contributed by atoms with Gasteiger partial charge >= 0.3 is 5.97 Å². The van der Waals surface area contributed by atoms with E-state index in [1.165, 1.54) is 38.5 Å². The molecule has 2 aliphatic rings. The molecule has 18 heteroatoms. The topological polar surface area (TPSA) is 274 Å². The molecule has 0 spiro atoms. The molecule has 3 heterocycles. The number of phenolic OH excluding ortho intramolecular Hbond substituents is 1. The van der Waals surface area contributed by atoms with Crippen LogP contribution in [-0.4, -0.2) is 136 Å². The van der Waals surface area contributed by atoms with Gasteiger partial charge < -0.3 is 78.4 Å². The number of benzene rings is 2. The zero-order valence-electron chi connectivity index (χ0n) is 26.2. The molecule has 0 bridgehead atoms. The Hall–Kier alpha value is -4.24. The second-order valence-electron chi connectivity index (χ2n) is 11.2. The van der Waals surface area contributed by atoms with Gasteiger partial charge in [-0.2, -0.15) is 0 Å². The van der Waals surface area contributed by atoms with Gasteiger partial charge in [-0.3, -0.25) is 9.59 Å². The minimum absolute atomic E-state index is 0.0412. The molecule has 5 rings (SSSR count). The fourth-order valence-electron chi connectivity index (χ4n) is 5.34.